The van der Waals surface area contributed by atoms with Crippen molar-refractivity contribution in [1.82, 2.24) is 19.8 Å². The molecule has 1 saturated heterocycles. The van der Waals surface area contributed by atoms with Crippen molar-refractivity contribution in [2.45, 2.75) is 72.8 Å². The minimum absolute atomic E-state index is 0.0532. The molecule has 7 nitrogen and oxygen atoms in total. The summed E-state index contributed by atoms with van der Waals surface area (Å²) in [5.41, 5.74) is 7.45. The highest BCUT2D eigenvalue weighted by molar-refractivity contribution is 5.97. The van der Waals surface area contributed by atoms with Gasteiger partial charge in [0.2, 0.25) is 5.91 Å². The minimum Gasteiger partial charge on any atom is -0.340 e. The van der Waals surface area contributed by atoms with Crippen LogP contribution in [0.25, 0.3) is 11.4 Å². The summed E-state index contributed by atoms with van der Waals surface area (Å²) in [4.78, 5) is 38.0. The Morgan fingerprint density at radius 2 is 1.79 bits per heavy atom. The van der Waals surface area contributed by atoms with Gasteiger partial charge < -0.3 is 14.8 Å². The summed E-state index contributed by atoms with van der Waals surface area (Å²) in [5.74, 6) is 1.25. The summed E-state index contributed by atoms with van der Waals surface area (Å²) in [6.07, 6.45) is 3.46. The first-order chi connectivity index (χ1) is 18.7. The molecule has 4 rings (SSSR count). The average molecular weight is 526 g/mol. The number of rotatable bonds is 8. The highest BCUT2D eigenvalue weighted by Crippen LogP contribution is 2.31. The highest BCUT2D eigenvalue weighted by Gasteiger charge is 2.26. The van der Waals surface area contributed by atoms with Crippen molar-refractivity contribution < 1.29 is 9.59 Å². The third-order valence-corrected chi connectivity index (χ3v) is 7.84. The predicted octanol–water partition coefficient (Wildman–Crippen LogP) is 5.91. The number of nitriles is 1. The molecule has 0 bridgehead atoms. The SMILES string of the molecule is CCCN(Cc1[nH]c(-c2cc(C(=O)N3CCC(c4ccc(C#N)cc4)CC3)c(C)cc2C)nc1CC)C(C)=O. The first-order valence-corrected chi connectivity index (χ1v) is 14.0. The summed E-state index contributed by atoms with van der Waals surface area (Å²) in [6, 6.07) is 14.0. The van der Waals surface area contributed by atoms with Crippen LogP contribution in [0.3, 0.4) is 0 Å². The quantitative estimate of drug-likeness (QED) is 0.396. The summed E-state index contributed by atoms with van der Waals surface area (Å²) in [6.45, 7) is 12.4. The average Bonchev–Trinajstić information content (AvgIpc) is 3.35. The molecule has 2 heterocycles. The molecule has 3 aromatic rings. The van der Waals surface area contributed by atoms with E-state index in [2.05, 4.69) is 31.0 Å². The molecule has 7 heteroatoms. The fourth-order valence-electron chi connectivity index (χ4n) is 5.56. The number of likely N-dealkylation sites (tertiary alicyclic amines) is 1. The van der Waals surface area contributed by atoms with Crippen molar-refractivity contribution in [2.75, 3.05) is 19.6 Å². The van der Waals surface area contributed by atoms with Gasteiger partial charge in [0, 0.05) is 37.7 Å². The number of imidazole rings is 1. The van der Waals surface area contributed by atoms with E-state index < -0.39 is 0 Å². The van der Waals surface area contributed by atoms with Gasteiger partial charge in [-0.05, 0) is 80.3 Å². The molecule has 0 aliphatic carbocycles. The summed E-state index contributed by atoms with van der Waals surface area (Å²) >= 11 is 0. The first kappa shape index (κ1) is 28.1. The van der Waals surface area contributed by atoms with E-state index in [-0.39, 0.29) is 11.8 Å². The molecule has 204 valence electrons. The van der Waals surface area contributed by atoms with Gasteiger partial charge in [-0.3, -0.25) is 9.59 Å². The lowest BCUT2D eigenvalue weighted by Crippen LogP contribution is -2.38. The molecule has 1 N–H and O–H groups in total. The van der Waals surface area contributed by atoms with E-state index >= 15 is 0 Å². The van der Waals surface area contributed by atoms with Crippen LogP contribution in [0.2, 0.25) is 0 Å². The number of hydrogen-bond donors (Lipinski definition) is 1. The molecule has 0 saturated carbocycles. The van der Waals surface area contributed by atoms with E-state index in [1.807, 2.05) is 54.0 Å². The Hall–Kier alpha value is -3.92. The molecule has 1 fully saturated rings. The van der Waals surface area contributed by atoms with Crippen molar-refractivity contribution in [1.29, 1.82) is 5.26 Å². The highest BCUT2D eigenvalue weighted by atomic mass is 16.2. The second-order valence-electron chi connectivity index (χ2n) is 10.6. The Bertz CT molecular complexity index is 1370. The van der Waals surface area contributed by atoms with Gasteiger partial charge in [-0.2, -0.15) is 5.26 Å². The van der Waals surface area contributed by atoms with Gasteiger partial charge >= 0.3 is 0 Å². The zero-order valence-corrected chi connectivity index (χ0v) is 23.8. The number of amides is 2. The number of piperidine rings is 1. The number of benzene rings is 2. The Labute approximate surface area is 231 Å². The second-order valence-corrected chi connectivity index (χ2v) is 10.6. The molecule has 1 aromatic heterocycles. The molecule has 0 atom stereocenters. The van der Waals surface area contributed by atoms with Crippen LogP contribution in [0.15, 0.2) is 36.4 Å². The van der Waals surface area contributed by atoms with E-state index in [0.29, 0.717) is 43.2 Å². The molecule has 39 heavy (non-hydrogen) atoms. The van der Waals surface area contributed by atoms with Crippen LogP contribution in [-0.4, -0.2) is 51.2 Å². The Kier molecular flexibility index (Phi) is 8.86. The van der Waals surface area contributed by atoms with Gasteiger partial charge in [0.1, 0.15) is 5.82 Å². The summed E-state index contributed by atoms with van der Waals surface area (Å²) in [7, 11) is 0. The number of carbonyl (C=O) groups is 2. The van der Waals surface area contributed by atoms with Gasteiger partial charge in [-0.1, -0.05) is 32.0 Å². The molecular weight excluding hydrogens is 486 g/mol. The molecule has 2 amide bonds. The fraction of sp³-hybridized carbons (Fsp3) is 0.438. The first-order valence-electron chi connectivity index (χ1n) is 14.0. The van der Waals surface area contributed by atoms with E-state index in [1.54, 1.807) is 6.92 Å². The van der Waals surface area contributed by atoms with Crippen LogP contribution in [0, 0.1) is 25.2 Å². The number of H-pyrrole nitrogens is 1. The van der Waals surface area contributed by atoms with E-state index in [9.17, 15) is 9.59 Å². The van der Waals surface area contributed by atoms with Gasteiger partial charge in [0.05, 0.1) is 29.6 Å². The number of aromatic amines is 1. The summed E-state index contributed by atoms with van der Waals surface area (Å²) in [5, 5.41) is 9.06. The molecule has 0 unspecified atom stereocenters. The van der Waals surface area contributed by atoms with Crippen molar-refractivity contribution in [3.8, 4) is 17.5 Å². The van der Waals surface area contributed by atoms with Crippen LogP contribution < -0.4 is 0 Å². The number of aryl methyl sites for hydroxylation is 3. The number of carbonyl (C=O) groups excluding carboxylic acids is 2. The monoisotopic (exact) mass is 525 g/mol. The Balaban J connectivity index is 1.54. The van der Waals surface area contributed by atoms with Crippen LogP contribution in [0.5, 0.6) is 0 Å². The number of hydrogen-bond acceptors (Lipinski definition) is 4. The van der Waals surface area contributed by atoms with E-state index in [1.165, 1.54) is 5.56 Å². The lowest BCUT2D eigenvalue weighted by atomic mass is 9.88. The molecule has 0 radical (unpaired) electrons. The topological polar surface area (TPSA) is 93.1 Å². The number of nitrogens with one attached hydrogen (secondary N) is 1. The lowest BCUT2D eigenvalue weighted by Gasteiger charge is -2.32. The van der Waals surface area contributed by atoms with E-state index in [0.717, 1.165) is 59.6 Å². The third-order valence-electron chi connectivity index (χ3n) is 7.84. The number of aromatic nitrogens is 2. The van der Waals surface area contributed by atoms with Gasteiger partial charge in [0.15, 0.2) is 0 Å². The van der Waals surface area contributed by atoms with Crippen LogP contribution in [-0.2, 0) is 17.8 Å². The van der Waals surface area contributed by atoms with Gasteiger partial charge in [-0.15, -0.1) is 0 Å². The Morgan fingerprint density at radius 1 is 1.10 bits per heavy atom. The largest absolute Gasteiger partial charge is 0.340 e. The smallest absolute Gasteiger partial charge is 0.254 e. The maximum atomic E-state index is 13.7. The molecule has 1 aliphatic heterocycles. The standard InChI is InChI=1S/C32H39N5O2/c1-6-14-37(23(5)38)20-30-29(7-2)34-31(35-30)27-18-28(22(4)17-21(27)3)32(39)36-15-12-26(13-16-36)25-10-8-24(19-33)9-11-25/h8-11,17-18,26H,6-7,12-16,20H2,1-5H3,(H,34,35). The van der Waals surface area contributed by atoms with Crippen molar-refractivity contribution in [3.05, 3.63) is 75.6 Å². The Morgan fingerprint density at radius 3 is 2.38 bits per heavy atom. The minimum atomic E-state index is 0.0532. The second kappa shape index (κ2) is 12.3. The lowest BCUT2D eigenvalue weighted by molar-refractivity contribution is -0.129. The summed E-state index contributed by atoms with van der Waals surface area (Å²) < 4.78 is 0. The van der Waals surface area contributed by atoms with Crippen LogP contribution in [0.1, 0.15) is 90.0 Å². The molecule has 1 aliphatic rings. The molecule has 0 spiro atoms. The van der Waals surface area contributed by atoms with Gasteiger partial charge in [-0.25, -0.2) is 4.98 Å². The van der Waals surface area contributed by atoms with Crippen LogP contribution in [0.4, 0.5) is 0 Å². The molecular formula is C32H39N5O2. The van der Waals surface area contributed by atoms with E-state index in [4.69, 9.17) is 10.2 Å². The van der Waals surface area contributed by atoms with Gasteiger partial charge in [0.25, 0.3) is 5.91 Å². The third kappa shape index (κ3) is 6.22. The maximum absolute atomic E-state index is 13.7. The predicted molar refractivity (Wildman–Crippen MR) is 153 cm³/mol. The zero-order chi connectivity index (χ0) is 28.1. The molecule has 2 aromatic carbocycles. The van der Waals surface area contributed by atoms with Crippen molar-refractivity contribution >= 4 is 11.8 Å². The maximum Gasteiger partial charge on any atom is 0.254 e. The van der Waals surface area contributed by atoms with Crippen molar-refractivity contribution in [2.24, 2.45) is 0 Å². The van der Waals surface area contributed by atoms with Crippen molar-refractivity contribution in [3.63, 3.8) is 0 Å². The number of nitrogens with zero attached hydrogens (tertiary/aromatic N) is 4. The zero-order valence-electron chi connectivity index (χ0n) is 23.8. The fourth-order valence-corrected chi connectivity index (χ4v) is 5.56. The van der Waals surface area contributed by atoms with Crippen LogP contribution >= 0.6 is 0 Å². The normalized spacial score (nSPS) is 13.8.